The molecule has 2 N–H and O–H groups in total. The minimum absolute atomic E-state index is 0.0122. The van der Waals surface area contributed by atoms with Crippen LogP contribution in [0.5, 0.6) is 0 Å². The van der Waals surface area contributed by atoms with Crippen molar-refractivity contribution < 1.29 is 38.2 Å². The fraction of sp³-hybridized carbons (Fsp3) is 0.600. The maximum Gasteiger partial charge on any atom is 0.253 e. The number of hydrogen-bond acceptors (Lipinski definition) is 8. The Morgan fingerprint density at radius 1 is 0.783 bits per heavy atom. The normalized spacial score (nSPS) is 14.0. The van der Waals surface area contributed by atoms with Gasteiger partial charge in [-0.25, -0.2) is 0 Å². The largest absolute Gasteiger partial charge is 0.379 e. The summed E-state index contributed by atoms with van der Waals surface area (Å²) in [5, 5.41) is 5.73. The first-order valence-corrected chi connectivity index (χ1v) is 16.4. The molecule has 1 heterocycles. The third-order valence-electron chi connectivity index (χ3n) is 7.51. The monoisotopic (exact) mass is 641 g/mol. The number of ketones is 2. The molecule has 0 fully saturated rings. The van der Waals surface area contributed by atoms with Crippen LogP contribution >= 0.6 is 0 Å². The van der Waals surface area contributed by atoms with E-state index < -0.39 is 6.04 Å². The van der Waals surface area contributed by atoms with Crippen molar-refractivity contribution in [1.82, 2.24) is 15.5 Å². The number of rotatable bonds is 25. The van der Waals surface area contributed by atoms with Crippen molar-refractivity contribution in [3.63, 3.8) is 0 Å². The summed E-state index contributed by atoms with van der Waals surface area (Å²) in [6.07, 6.45) is 6.24. The van der Waals surface area contributed by atoms with Crippen LogP contribution in [-0.4, -0.2) is 85.7 Å². The van der Waals surface area contributed by atoms with Gasteiger partial charge >= 0.3 is 0 Å². The van der Waals surface area contributed by atoms with E-state index in [0.29, 0.717) is 65.1 Å². The van der Waals surface area contributed by atoms with E-state index in [4.69, 9.17) is 9.47 Å². The number of unbranched alkanes of at least 4 members (excludes halogenated alkanes) is 1. The van der Waals surface area contributed by atoms with Gasteiger partial charge in [0, 0.05) is 70.1 Å². The number of carbonyl (C=O) groups is 6. The average molecular weight is 642 g/mol. The fourth-order valence-electron chi connectivity index (χ4n) is 4.88. The Bertz CT molecular complexity index is 1150. The molecule has 0 saturated heterocycles. The van der Waals surface area contributed by atoms with E-state index in [1.807, 2.05) is 51.1 Å². The van der Waals surface area contributed by atoms with Crippen molar-refractivity contribution in [1.29, 1.82) is 0 Å². The van der Waals surface area contributed by atoms with Crippen molar-refractivity contribution in [3.05, 3.63) is 48.0 Å². The number of hydrogen-bond donors (Lipinski definition) is 2. The fourth-order valence-corrected chi connectivity index (χ4v) is 4.88. The lowest BCUT2D eigenvalue weighted by Gasteiger charge is -2.22. The van der Waals surface area contributed by atoms with Crippen LogP contribution in [0.4, 0.5) is 0 Å². The molecule has 1 aliphatic rings. The molecule has 2 atom stereocenters. The Morgan fingerprint density at radius 2 is 1.43 bits per heavy atom. The summed E-state index contributed by atoms with van der Waals surface area (Å²) in [6.45, 7) is 8.21. The molecule has 1 aliphatic heterocycles. The molecule has 46 heavy (non-hydrogen) atoms. The lowest BCUT2D eigenvalue weighted by molar-refractivity contribution is -0.137. The van der Waals surface area contributed by atoms with E-state index in [-0.39, 0.29) is 72.8 Å². The predicted molar refractivity (Wildman–Crippen MR) is 174 cm³/mol. The first kappa shape index (κ1) is 38.5. The van der Waals surface area contributed by atoms with Gasteiger partial charge in [-0.05, 0) is 43.6 Å². The summed E-state index contributed by atoms with van der Waals surface area (Å²) in [5.41, 5.74) is 1.06. The molecular weight excluding hydrogens is 590 g/mol. The number of nitrogens with zero attached hydrogens (tertiary/aromatic N) is 1. The van der Waals surface area contributed by atoms with E-state index in [2.05, 4.69) is 10.6 Å². The number of ether oxygens (including phenoxy) is 2. The molecule has 254 valence electrons. The maximum absolute atomic E-state index is 12.9. The molecule has 0 aromatic heterocycles. The summed E-state index contributed by atoms with van der Waals surface area (Å²) in [7, 11) is 0. The Hall–Kier alpha value is -3.70. The zero-order valence-electron chi connectivity index (χ0n) is 27.6. The van der Waals surface area contributed by atoms with Crippen molar-refractivity contribution in [3.8, 4) is 0 Å². The number of amides is 4. The molecule has 4 amide bonds. The molecule has 11 nitrogen and oxygen atoms in total. The highest BCUT2D eigenvalue weighted by Gasteiger charge is 2.25. The summed E-state index contributed by atoms with van der Waals surface area (Å²) >= 11 is 0. The Labute approximate surface area is 272 Å². The number of Topliss-reactive ketones (excluding diaryl/α,β-unsaturated/α-hetero) is 2. The molecule has 0 radical (unpaired) electrons. The van der Waals surface area contributed by atoms with Gasteiger partial charge in [0.1, 0.15) is 5.78 Å². The second-order valence-corrected chi connectivity index (χ2v) is 12.1. The van der Waals surface area contributed by atoms with E-state index in [0.717, 1.165) is 16.9 Å². The van der Waals surface area contributed by atoms with Crippen molar-refractivity contribution in [2.24, 2.45) is 11.8 Å². The standard InChI is InChI=1S/C35H51N3O8/c1-26(2)24-30(37-35(44)27(3)25-28-10-5-4-6-11-28)31(40)13-14-32(41)36-18-9-21-46-23-22-45-20-8-7-12-29(39)17-19-38-33(42)15-16-34(38)43/h4-6,10-11,15-16,26-27,30H,7-9,12-14,17-25H2,1-3H3,(H,36,41)(H,37,44). The van der Waals surface area contributed by atoms with Gasteiger partial charge < -0.3 is 20.1 Å². The smallest absolute Gasteiger partial charge is 0.253 e. The molecule has 0 saturated carbocycles. The highest BCUT2D eigenvalue weighted by Crippen LogP contribution is 2.13. The van der Waals surface area contributed by atoms with Gasteiger partial charge in [-0.15, -0.1) is 0 Å². The van der Waals surface area contributed by atoms with Crippen molar-refractivity contribution in [2.75, 3.05) is 39.5 Å². The minimum atomic E-state index is -0.611. The topological polar surface area (TPSA) is 148 Å². The Kier molecular flexibility index (Phi) is 18.3. The van der Waals surface area contributed by atoms with Crippen LogP contribution in [0.3, 0.4) is 0 Å². The molecular formula is C35H51N3O8. The first-order valence-electron chi connectivity index (χ1n) is 16.4. The summed E-state index contributed by atoms with van der Waals surface area (Å²) in [5.74, 6) is -1.30. The second-order valence-electron chi connectivity index (χ2n) is 12.1. The van der Waals surface area contributed by atoms with E-state index in [9.17, 15) is 28.8 Å². The van der Waals surface area contributed by atoms with E-state index in [1.54, 1.807) is 0 Å². The zero-order chi connectivity index (χ0) is 33.7. The highest BCUT2D eigenvalue weighted by molar-refractivity contribution is 6.13. The van der Waals surface area contributed by atoms with Crippen LogP contribution in [0.15, 0.2) is 42.5 Å². The predicted octanol–water partition coefficient (Wildman–Crippen LogP) is 3.34. The van der Waals surface area contributed by atoms with Gasteiger partial charge in [0.05, 0.1) is 19.3 Å². The van der Waals surface area contributed by atoms with Crippen LogP contribution in [0, 0.1) is 11.8 Å². The highest BCUT2D eigenvalue weighted by atomic mass is 16.5. The molecule has 2 rings (SSSR count). The molecule has 0 bridgehead atoms. The number of carbonyl (C=O) groups excluding carboxylic acids is 6. The molecule has 0 aliphatic carbocycles. The van der Waals surface area contributed by atoms with Crippen LogP contribution in [0.1, 0.15) is 77.7 Å². The second kappa shape index (κ2) is 21.9. The maximum atomic E-state index is 12.9. The molecule has 11 heteroatoms. The van der Waals surface area contributed by atoms with Crippen molar-refractivity contribution >= 4 is 35.2 Å². The Balaban J connectivity index is 1.47. The van der Waals surface area contributed by atoms with Gasteiger partial charge in [0.25, 0.3) is 11.8 Å². The first-order chi connectivity index (χ1) is 22.1. The van der Waals surface area contributed by atoms with Gasteiger partial charge in [-0.3, -0.25) is 33.7 Å². The Morgan fingerprint density at radius 3 is 2.09 bits per heavy atom. The lowest BCUT2D eigenvalue weighted by Crippen LogP contribution is -2.44. The van der Waals surface area contributed by atoms with Crippen molar-refractivity contribution in [2.45, 2.75) is 84.6 Å². The third kappa shape index (κ3) is 16.0. The number of nitrogens with one attached hydrogen (secondary N) is 2. The molecule has 2 unspecified atom stereocenters. The SMILES string of the molecule is CC(C)CC(NC(=O)C(C)Cc1ccccc1)C(=O)CCC(=O)NCCCOCCOCCCCC(=O)CCN1C(=O)C=CC1=O. The van der Waals surface area contributed by atoms with Crippen LogP contribution in [0.2, 0.25) is 0 Å². The van der Waals surface area contributed by atoms with E-state index in [1.165, 1.54) is 12.2 Å². The van der Waals surface area contributed by atoms with Gasteiger partial charge in [-0.2, -0.15) is 0 Å². The quantitative estimate of drug-likeness (QED) is 0.122. The number of benzene rings is 1. The third-order valence-corrected chi connectivity index (χ3v) is 7.51. The molecule has 1 aromatic carbocycles. The number of imide groups is 1. The zero-order valence-corrected chi connectivity index (χ0v) is 27.6. The lowest BCUT2D eigenvalue weighted by atomic mass is 9.95. The molecule has 0 spiro atoms. The average Bonchev–Trinajstić information content (AvgIpc) is 3.35. The summed E-state index contributed by atoms with van der Waals surface area (Å²) in [6, 6.07) is 9.15. The van der Waals surface area contributed by atoms with Crippen LogP contribution < -0.4 is 10.6 Å². The van der Waals surface area contributed by atoms with Crippen LogP contribution in [-0.2, 0) is 44.7 Å². The van der Waals surface area contributed by atoms with Gasteiger partial charge in [0.2, 0.25) is 11.8 Å². The van der Waals surface area contributed by atoms with Crippen LogP contribution in [0.25, 0.3) is 0 Å². The minimum Gasteiger partial charge on any atom is -0.379 e. The van der Waals surface area contributed by atoms with E-state index >= 15 is 0 Å². The van der Waals surface area contributed by atoms with Gasteiger partial charge in [0.15, 0.2) is 5.78 Å². The summed E-state index contributed by atoms with van der Waals surface area (Å²) < 4.78 is 11.0. The van der Waals surface area contributed by atoms with Gasteiger partial charge in [-0.1, -0.05) is 51.1 Å². The summed E-state index contributed by atoms with van der Waals surface area (Å²) in [4.78, 5) is 74.0. The molecule has 1 aromatic rings.